The molecule has 3 aliphatic rings. The Morgan fingerprint density at radius 1 is 0.861 bits per heavy atom. The molecule has 2 saturated heterocycles. The van der Waals surface area contributed by atoms with Gasteiger partial charge in [-0.3, -0.25) is 4.90 Å². The molecule has 0 spiro atoms. The van der Waals surface area contributed by atoms with Crippen LogP contribution in [-0.4, -0.2) is 84.3 Å². The number of nitrogens with zero attached hydrogens (tertiary/aromatic N) is 6. The monoisotopic (exact) mass is 498 g/mol. The summed E-state index contributed by atoms with van der Waals surface area (Å²) in [5.74, 6) is 1.77. The van der Waals surface area contributed by atoms with Crippen molar-refractivity contribution in [3.05, 3.63) is 58.6 Å². The summed E-state index contributed by atoms with van der Waals surface area (Å²) in [6.45, 7) is 8.40. The smallest absolute Gasteiger partial charge is 0.176 e. The number of hydrogen-bond donors (Lipinski definition) is 0. The third kappa shape index (κ3) is 4.08. The molecule has 7 nitrogen and oxygen atoms in total. The highest BCUT2D eigenvalue weighted by atomic mass is 32.1. The lowest BCUT2D eigenvalue weighted by molar-refractivity contribution is 0.122. The fourth-order valence-electron chi connectivity index (χ4n) is 5.52. The number of ether oxygens (including phenoxy) is 1. The van der Waals surface area contributed by atoms with Gasteiger partial charge in [-0.15, -0.1) is 11.3 Å². The number of thiazole rings is 1. The number of rotatable bonds is 4. The molecule has 2 fully saturated rings. The lowest BCUT2D eigenvalue weighted by atomic mass is 10.0. The van der Waals surface area contributed by atoms with Gasteiger partial charge in [0.25, 0.3) is 0 Å². The molecule has 4 aromatic rings. The average molecular weight is 499 g/mol. The van der Waals surface area contributed by atoms with E-state index in [1.807, 2.05) is 0 Å². The summed E-state index contributed by atoms with van der Waals surface area (Å²) in [5.41, 5.74) is 7.29. The summed E-state index contributed by atoms with van der Waals surface area (Å²) in [5, 5.41) is 1.12. The van der Waals surface area contributed by atoms with E-state index in [1.165, 1.54) is 22.3 Å². The molecule has 0 unspecified atom stereocenters. The Morgan fingerprint density at radius 2 is 1.67 bits per heavy atom. The molecular weight excluding hydrogens is 468 g/mol. The van der Waals surface area contributed by atoms with Gasteiger partial charge in [0.1, 0.15) is 9.71 Å². The Hall–Kier alpha value is -2.91. The van der Waals surface area contributed by atoms with Crippen LogP contribution in [0.25, 0.3) is 32.9 Å². The van der Waals surface area contributed by atoms with Crippen LogP contribution < -0.4 is 4.90 Å². The van der Waals surface area contributed by atoms with Crippen molar-refractivity contribution in [1.82, 2.24) is 24.8 Å². The number of hydrogen-bond acceptors (Lipinski definition) is 8. The van der Waals surface area contributed by atoms with Crippen LogP contribution in [0.1, 0.15) is 16.1 Å². The van der Waals surface area contributed by atoms with Gasteiger partial charge in [-0.25, -0.2) is 15.0 Å². The van der Waals surface area contributed by atoms with Crippen molar-refractivity contribution < 1.29 is 4.74 Å². The van der Waals surface area contributed by atoms with E-state index < -0.39 is 0 Å². The fourth-order valence-corrected chi connectivity index (χ4v) is 6.58. The van der Waals surface area contributed by atoms with Gasteiger partial charge in [-0.1, -0.05) is 36.4 Å². The Labute approximate surface area is 215 Å². The fraction of sp³-hybridized carbons (Fsp3) is 0.393. The highest BCUT2D eigenvalue weighted by molar-refractivity contribution is 7.19. The summed E-state index contributed by atoms with van der Waals surface area (Å²) in [6, 6.07) is 15.4. The molecule has 8 heteroatoms. The zero-order chi connectivity index (χ0) is 24.1. The molecule has 2 aromatic carbocycles. The number of aromatic nitrogens is 3. The quantitative estimate of drug-likeness (QED) is 0.372. The molecule has 0 amide bonds. The Balaban J connectivity index is 1.27. The first-order valence-corrected chi connectivity index (χ1v) is 13.7. The minimum atomic E-state index is 0.727. The highest BCUT2D eigenvalue weighted by Gasteiger charge is 2.24. The third-order valence-corrected chi connectivity index (χ3v) is 8.62. The lowest BCUT2D eigenvalue weighted by Gasteiger charge is -2.31. The molecule has 4 heterocycles. The molecule has 2 aliphatic heterocycles. The maximum atomic E-state index is 5.64. The number of likely N-dealkylation sites (N-methyl/N-ethyl adjacent to an activating group) is 1. The van der Waals surface area contributed by atoms with Crippen LogP contribution in [0, 0.1) is 0 Å². The second kappa shape index (κ2) is 9.19. The van der Waals surface area contributed by atoms with Crippen LogP contribution in [0.4, 0.5) is 5.82 Å². The van der Waals surface area contributed by atoms with E-state index in [-0.39, 0.29) is 0 Å². The van der Waals surface area contributed by atoms with Crippen LogP contribution in [-0.2, 0) is 17.7 Å². The van der Waals surface area contributed by atoms with Gasteiger partial charge < -0.3 is 14.5 Å². The summed E-state index contributed by atoms with van der Waals surface area (Å²) in [7, 11) is 2.19. The molecule has 184 valence electrons. The number of piperazine rings is 1. The molecule has 0 atom stereocenters. The van der Waals surface area contributed by atoms with E-state index in [9.17, 15) is 0 Å². The van der Waals surface area contributed by atoms with Crippen LogP contribution in [0.2, 0.25) is 0 Å². The van der Waals surface area contributed by atoms with E-state index in [0.29, 0.717) is 0 Å². The summed E-state index contributed by atoms with van der Waals surface area (Å²) in [6.07, 6.45) is 0.962. The van der Waals surface area contributed by atoms with Gasteiger partial charge in [0.05, 0.1) is 19.8 Å². The highest BCUT2D eigenvalue weighted by Crippen LogP contribution is 2.39. The summed E-state index contributed by atoms with van der Waals surface area (Å²) >= 11 is 1.75. The SMILES string of the molecule is CN1CCN(Cc2nc3nc(-c4ccc5c(c4)Cc4ccccc4-5)nc(N4CCOCC4)c3s2)CC1. The predicted molar refractivity (Wildman–Crippen MR) is 145 cm³/mol. The van der Waals surface area contributed by atoms with Gasteiger partial charge in [0, 0.05) is 44.8 Å². The van der Waals surface area contributed by atoms with E-state index in [4.69, 9.17) is 19.7 Å². The van der Waals surface area contributed by atoms with Crippen molar-refractivity contribution in [3.63, 3.8) is 0 Å². The van der Waals surface area contributed by atoms with E-state index >= 15 is 0 Å². The first kappa shape index (κ1) is 22.3. The minimum Gasteiger partial charge on any atom is -0.378 e. The normalized spacial score (nSPS) is 18.5. The number of morpholine rings is 1. The van der Waals surface area contributed by atoms with Crippen molar-refractivity contribution in [3.8, 4) is 22.5 Å². The standard InChI is InChI=1S/C28H30N6OS/c1-32-8-10-33(11-9-32)18-24-29-27-25(36-24)28(34-12-14-35-15-13-34)31-26(30-27)20-6-7-23-21(17-20)16-19-4-2-3-5-22(19)23/h2-7,17H,8-16,18H2,1H3. The predicted octanol–water partition coefficient (Wildman–Crippen LogP) is 3.91. The largest absolute Gasteiger partial charge is 0.378 e. The first-order valence-electron chi connectivity index (χ1n) is 12.8. The molecule has 0 N–H and O–H groups in total. The molecule has 1 aliphatic carbocycles. The Kier molecular flexibility index (Phi) is 5.69. The van der Waals surface area contributed by atoms with Gasteiger partial charge in [0.2, 0.25) is 0 Å². The van der Waals surface area contributed by atoms with E-state index in [0.717, 1.165) is 98.0 Å². The molecular formula is C28H30N6OS. The maximum absolute atomic E-state index is 5.64. The maximum Gasteiger partial charge on any atom is 0.176 e. The Bertz CT molecular complexity index is 1420. The molecule has 0 bridgehead atoms. The molecule has 0 saturated carbocycles. The minimum absolute atomic E-state index is 0.727. The van der Waals surface area contributed by atoms with E-state index in [2.05, 4.69) is 64.2 Å². The molecule has 0 radical (unpaired) electrons. The van der Waals surface area contributed by atoms with Crippen LogP contribution in [0.15, 0.2) is 42.5 Å². The van der Waals surface area contributed by atoms with Crippen LogP contribution in [0.5, 0.6) is 0 Å². The van der Waals surface area contributed by atoms with Crippen LogP contribution >= 0.6 is 11.3 Å². The second-order valence-electron chi connectivity index (χ2n) is 10.0. The number of fused-ring (bicyclic) bond motifs is 4. The van der Waals surface area contributed by atoms with Gasteiger partial charge >= 0.3 is 0 Å². The van der Waals surface area contributed by atoms with Crippen molar-refractivity contribution in [2.24, 2.45) is 0 Å². The molecule has 2 aromatic heterocycles. The Morgan fingerprint density at radius 3 is 2.53 bits per heavy atom. The first-order chi connectivity index (χ1) is 17.7. The zero-order valence-corrected chi connectivity index (χ0v) is 21.4. The van der Waals surface area contributed by atoms with Crippen LogP contribution in [0.3, 0.4) is 0 Å². The number of anilines is 1. The second-order valence-corrected chi connectivity index (χ2v) is 11.1. The van der Waals surface area contributed by atoms with Gasteiger partial charge in [-0.05, 0) is 41.8 Å². The van der Waals surface area contributed by atoms with Crippen molar-refractivity contribution in [1.29, 1.82) is 0 Å². The zero-order valence-electron chi connectivity index (χ0n) is 20.6. The average Bonchev–Trinajstić information content (AvgIpc) is 3.50. The third-order valence-electron chi connectivity index (χ3n) is 7.60. The van der Waals surface area contributed by atoms with Crippen molar-refractivity contribution in [2.75, 3.05) is 64.4 Å². The molecule has 36 heavy (non-hydrogen) atoms. The number of benzene rings is 2. The van der Waals surface area contributed by atoms with Crippen molar-refractivity contribution >= 4 is 27.5 Å². The lowest BCUT2D eigenvalue weighted by Crippen LogP contribution is -2.43. The van der Waals surface area contributed by atoms with Gasteiger partial charge in [-0.2, -0.15) is 0 Å². The van der Waals surface area contributed by atoms with Crippen molar-refractivity contribution in [2.45, 2.75) is 13.0 Å². The van der Waals surface area contributed by atoms with Gasteiger partial charge in [0.15, 0.2) is 17.3 Å². The topological polar surface area (TPSA) is 57.6 Å². The molecule has 7 rings (SSSR count). The van der Waals surface area contributed by atoms with E-state index in [1.54, 1.807) is 11.3 Å². The summed E-state index contributed by atoms with van der Waals surface area (Å²) in [4.78, 5) is 22.4. The summed E-state index contributed by atoms with van der Waals surface area (Å²) < 4.78 is 6.73.